The summed E-state index contributed by atoms with van der Waals surface area (Å²) in [4.78, 5) is 23.5. The fourth-order valence-corrected chi connectivity index (χ4v) is 2.76. The molecule has 0 radical (unpaired) electrons. The Morgan fingerprint density at radius 1 is 0.800 bits per heavy atom. The number of esters is 2. The molecule has 0 saturated carbocycles. The predicted octanol–water partition coefficient (Wildman–Crippen LogP) is 3.36. The molecule has 0 heterocycles. The van der Waals surface area contributed by atoms with Crippen LogP contribution in [-0.4, -0.2) is 25.2 Å². The molecule has 0 aliphatic heterocycles. The Kier molecular flexibility index (Phi) is 7.69. The summed E-state index contributed by atoms with van der Waals surface area (Å²) in [7, 11) is 0. The molecule has 8 heteroatoms. The van der Waals surface area contributed by atoms with E-state index in [1.807, 2.05) is 0 Å². The van der Waals surface area contributed by atoms with E-state index >= 15 is 0 Å². The second-order valence-electron chi connectivity index (χ2n) is 6.08. The average molecular weight is 416 g/mol. The fourth-order valence-electron chi connectivity index (χ4n) is 2.76. The van der Waals surface area contributed by atoms with Crippen molar-refractivity contribution in [2.45, 2.75) is 13.8 Å². The summed E-state index contributed by atoms with van der Waals surface area (Å²) in [6.45, 7) is 3.59. The van der Waals surface area contributed by atoms with Crippen molar-refractivity contribution in [1.29, 1.82) is 0 Å². The van der Waals surface area contributed by atoms with E-state index in [2.05, 4.69) is 0 Å². The first-order valence-electron chi connectivity index (χ1n) is 9.14. The van der Waals surface area contributed by atoms with Gasteiger partial charge in [-0.05, 0) is 61.4 Å². The van der Waals surface area contributed by atoms with Crippen molar-refractivity contribution in [1.82, 2.24) is 0 Å². The molecule has 158 valence electrons. The zero-order valence-corrected chi connectivity index (χ0v) is 16.6. The number of hydrogen-bond acceptors (Lipinski definition) is 6. The molecule has 2 aromatic rings. The molecule has 2 rings (SSSR count). The maximum atomic E-state index is 14.1. The van der Waals surface area contributed by atoms with Gasteiger partial charge in [0.25, 0.3) is 0 Å². The lowest BCUT2D eigenvalue weighted by atomic mass is 9.92. The minimum Gasteiger partial charge on any atom is -0.463 e. The lowest BCUT2D eigenvalue weighted by Gasteiger charge is -2.15. The van der Waals surface area contributed by atoms with Crippen LogP contribution in [0.15, 0.2) is 48.6 Å². The predicted molar refractivity (Wildman–Crippen MR) is 109 cm³/mol. The Morgan fingerprint density at radius 2 is 1.17 bits per heavy atom. The van der Waals surface area contributed by atoms with Gasteiger partial charge in [0.1, 0.15) is 11.6 Å². The highest BCUT2D eigenvalue weighted by Crippen LogP contribution is 2.33. The van der Waals surface area contributed by atoms with Gasteiger partial charge < -0.3 is 20.9 Å². The zero-order chi connectivity index (χ0) is 22.3. The van der Waals surface area contributed by atoms with Gasteiger partial charge in [0, 0.05) is 34.7 Å². The van der Waals surface area contributed by atoms with Gasteiger partial charge in [0.2, 0.25) is 0 Å². The molecular weight excluding hydrogens is 394 g/mol. The first-order valence-corrected chi connectivity index (χ1v) is 9.14. The average Bonchev–Trinajstić information content (AvgIpc) is 2.67. The van der Waals surface area contributed by atoms with Crippen molar-refractivity contribution in [3.8, 4) is 11.1 Å². The zero-order valence-electron chi connectivity index (χ0n) is 16.6. The van der Waals surface area contributed by atoms with Gasteiger partial charge in [-0.3, -0.25) is 0 Å². The first-order chi connectivity index (χ1) is 14.3. The summed E-state index contributed by atoms with van der Waals surface area (Å²) in [5.41, 5.74) is 12.9. The van der Waals surface area contributed by atoms with Crippen LogP contribution < -0.4 is 11.5 Å². The highest BCUT2D eigenvalue weighted by Gasteiger charge is 2.17. The first kappa shape index (κ1) is 22.6. The van der Waals surface area contributed by atoms with Crippen LogP contribution in [0, 0.1) is 11.6 Å². The monoisotopic (exact) mass is 416 g/mol. The number of benzene rings is 2. The molecule has 0 fully saturated rings. The van der Waals surface area contributed by atoms with Crippen LogP contribution in [0.5, 0.6) is 0 Å². The van der Waals surface area contributed by atoms with E-state index in [9.17, 15) is 18.4 Å². The standard InChI is InChI=1S/C22H22F2N2O4/c1-3-29-21(27)11-19(25)15-7-5-13(23)9-17(15)18-10-14(24)6-8-16(18)20(26)12-22(28)30-4-2/h5-12H,3-4,25-26H2,1-2H3/b19-11-,20-12-. The lowest BCUT2D eigenvalue weighted by molar-refractivity contribution is -0.138. The second kappa shape index (κ2) is 10.2. The third-order valence-corrected chi connectivity index (χ3v) is 4.00. The van der Waals surface area contributed by atoms with Gasteiger partial charge in [0.05, 0.1) is 13.2 Å². The molecule has 0 aliphatic rings. The Hall–Kier alpha value is -3.68. The van der Waals surface area contributed by atoms with Crippen LogP contribution in [0.25, 0.3) is 22.5 Å². The van der Waals surface area contributed by atoms with Crippen molar-refractivity contribution in [2.75, 3.05) is 13.2 Å². The molecule has 0 bridgehead atoms. The minimum absolute atomic E-state index is 0.00777. The van der Waals surface area contributed by atoms with Gasteiger partial charge in [-0.25, -0.2) is 18.4 Å². The van der Waals surface area contributed by atoms with Crippen LogP contribution in [0.3, 0.4) is 0 Å². The van der Waals surface area contributed by atoms with Crippen LogP contribution in [-0.2, 0) is 19.1 Å². The molecule has 6 nitrogen and oxygen atoms in total. The van der Waals surface area contributed by atoms with E-state index in [0.717, 1.165) is 36.4 Å². The third-order valence-electron chi connectivity index (χ3n) is 4.00. The van der Waals surface area contributed by atoms with Gasteiger partial charge in [-0.2, -0.15) is 0 Å². The summed E-state index contributed by atoms with van der Waals surface area (Å²) in [5.74, 6) is -2.57. The molecule has 0 aromatic heterocycles. The van der Waals surface area contributed by atoms with Crippen molar-refractivity contribution < 1.29 is 27.8 Å². The SMILES string of the molecule is CCOC(=O)/C=C(\N)c1ccc(F)cc1-c1cc(F)ccc1/C(N)=C/C(=O)OCC. The Balaban J connectivity index is 2.67. The number of rotatable bonds is 7. The molecule has 4 N–H and O–H groups in total. The van der Waals surface area contributed by atoms with E-state index in [0.29, 0.717) is 0 Å². The smallest absolute Gasteiger partial charge is 0.332 e. The highest BCUT2D eigenvalue weighted by molar-refractivity contribution is 5.96. The quantitative estimate of drug-likeness (QED) is 0.530. The van der Waals surface area contributed by atoms with Gasteiger partial charge >= 0.3 is 11.9 Å². The molecule has 30 heavy (non-hydrogen) atoms. The molecule has 0 atom stereocenters. The number of nitrogens with two attached hydrogens (primary N) is 2. The van der Waals surface area contributed by atoms with E-state index in [1.54, 1.807) is 13.8 Å². The molecule has 0 aliphatic carbocycles. The van der Waals surface area contributed by atoms with Gasteiger partial charge in [-0.1, -0.05) is 0 Å². The largest absolute Gasteiger partial charge is 0.463 e. The van der Waals surface area contributed by atoms with Crippen molar-refractivity contribution >= 4 is 23.3 Å². The summed E-state index contributed by atoms with van der Waals surface area (Å²) >= 11 is 0. The number of carbonyl (C=O) groups is 2. The number of ether oxygens (including phenoxy) is 2. The lowest BCUT2D eigenvalue weighted by Crippen LogP contribution is -2.08. The van der Waals surface area contributed by atoms with Crippen LogP contribution in [0.1, 0.15) is 25.0 Å². The number of hydrogen-bond donors (Lipinski definition) is 2. The van der Waals surface area contributed by atoms with E-state index in [-0.39, 0.29) is 46.9 Å². The maximum Gasteiger partial charge on any atom is 0.332 e. The van der Waals surface area contributed by atoms with Crippen molar-refractivity contribution in [3.05, 3.63) is 71.3 Å². The Morgan fingerprint density at radius 3 is 1.50 bits per heavy atom. The normalized spacial score (nSPS) is 11.9. The summed E-state index contributed by atoms with van der Waals surface area (Å²) < 4.78 is 37.8. The van der Waals surface area contributed by atoms with Gasteiger partial charge in [0.15, 0.2) is 0 Å². The molecule has 0 spiro atoms. The minimum atomic E-state index is -0.675. The van der Waals surface area contributed by atoms with E-state index in [1.165, 1.54) is 12.1 Å². The van der Waals surface area contributed by atoms with E-state index < -0.39 is 23.6 Å². The number of carbonyl (C=O) groups excluding carboxylic acids is 2. The summed E-state index contributed by atoms with van der Waals surface area (Å²) in [5, 5.41) is 0. The molecule has 0 saturated heterocycles. The highest BCUT2D eigenvalue weighted by atomic mass is 19.1. The van der Waals surface area contributed by atoms with E-state index in [4.69, 9.17) is 20.9 Å². The summed E-state index contributed by atoms with van der Waals surface area (Å²) in [6, 6.07) is 7.29. The van der Waals surface area contributed by atoms with Crippen molar-refractivity contribution in [3.63, 3.8) is 0 Å². The molecule has 0 unspecified atom stereocenters. The van der Waals surface area contributed by atoms with Crippen LogP contribution in [0.4, 0.5) is 8.78 Å². The number of halogens is 2. The molecule has 2 aromatic carbocycles. The Labute approximate surface area is 172 Å². The summed E-state index contributed by atoms with van der Waals surface area (Å²) in [6.07, 6.45) is 2.11. The second-order valence-corrected chi connectivity index (χ2v) is 6.08. The molecule has 0 amide bonds. The Bertz CT molecular complexity index is 935. The fraction of sp³-hybridized carbons (Fsp3) is 0.182. The third kappa shape index (κ3) is 5.66. The van der Waals surface area contributed by atoms with Crippen LogP contribution in [0.2, 0.25) is 0 Å². The van der Waals surface area contributed by atoms with Gasteiger partial charge in [-0.15, -0.1) is 0 Å². The van der Waals surface area contributed by atoms with Crippen LogP contribution >= 0.6 is 0 Å². The topological polar surface area (TPSA) is 105 Å². The van der Waals surface area contributed by atoms with Crippen molar-refractivity contribution in [2.24, 2.45) is 11.5 Å². The molecular formula is C22H22F2N2O4. The maximum absolute atomic E-state index is 14.1.